The molecule has 4 aromatic rings. The summed E-state index contributed by atoms with van der Waals surface area (Å²) < 4.78 is 8.11. The van der Waals surface area contributed by atoms with Gasteiger partial charge in [-0.1, -0.05) is 30.3 Å². The summed E-state index contributed by atoms with van der Waals surface area (Å²) in [6.07, 6.45) is 2.73. The predicted molar refractivity (Wildman–Crippen MR) is 113 cm³/mol. The van der Waals surface area contributed by atoms with Gasteiger partial charge in [-0.3, -0.25) is 0 Å². The van der Waals surface area contributed by atoms with Crippen molar-refractivity contribution in [1.82, 2.24) is 14.5 Å². The molecular weight excluding hydrogens is 364 g/mol. The summed E-state index contributed by atoms with van der Waals surface area (Å²) in [4.78, 5) is 8.73. The molecule has 146 valence electrons. The molecule has 0 atom stereocenters. The van der Waals surface area contributed by atoms with Crippen molar-refractivity contribution in [2.24, 2.45) is 0 Å². The lowest BCUT2D eigenvalue weighted by molar-refractivity contribution is 0.0495. The summed E-state index contributed by atoms with van der Waals surface area (Å²) in [5, 5.41) is 10.7. The van der Waals surface area contributed by atoms with Crippen molar-refractivity contribution in [2.75, 3.05) is 5.73 Å². The Labute approximate surface area is 168 Å². The molecule has 1 aliphatic rings. The Kier molecular flexibility index (Phi) is 4.21. The van der Waals surface area contributed by atoms with E-state index in [1.54, 1.807) is 0 Å². The molecule has 2 heterocycles. The van der Waals surface area contributed by atoms with Crippen molar-refractivity contribution in [2.45, 2.75) is 31.9 Å². The lowest BCUT2D eigenvalue weighted by Crippen LogP contribution is -2.31. The minimum Gasteiger partial charge on any atom is -0.457 e. The first kappa shape index (κ1) is 17.7. The number of aliphatic hydroxyl groups is 1. The molecule has 1 saturated carbocycles. The molecule has 0 bridgehead atoms. The number of aromatic nitrogens is 3. The molecule has 2 aromatic carbocycles. The van der Waals surface area contributed by atoms with Gasteiger partial charge in [-0.15, -0.1) is 0 Å². The number of nitrogen functional groups attached to an aromatic ring is 1. The van der Waals surface area contributed by atoms with Gasteiger partial charge in [0.1, 0.15) is 29.3 Å². The standard InChI is InChI=1S/C23H22N4O2/c1-14-20(15-7-9-19(10-8-15)29-18-5-3-2-4-6-18)21-22(24)25-13-26-23(21)27(14)16-11-17(28)12-16/h2-10,13,16-17,28H,11-12H2,1H3,(H2,24,25,26). The molecule has 0 saturated heterocycles. The first-order valence-electron chi connectivity index (χ1n) is 9.74. The minimum atomic E-state index is -0.242. The maximum absolute atomic E-state index is 9.79. The second-order valence-electron chi connectivity index (χ2n) is 7.51. The number of aliphatic hydroxyl groups excluding tert-OH is 1. The number of anilines is 1. The molecule has 6 nitrogen and oxygen atoms in total. The van der Waals surface area contributed by atoms with Gasteiger partial charge in [0.15, 0.2) is 0 Å². The number of hydrogen-bond donors (Lipinski definition) is 2. The van der Waals surface area contributed by atoms with Crippen LogP contribution >= 0.6 is 0 Å². The van der Waals surface area contributed by atoms with Crippen LogP contribution in [0.1, 0.15) is 24.6 Å². The van der Waals surface area contributed by atoms with Crippen molar-refractivity contribution >= 4 is 16.9 Å². The van der Waals surface area contributed by atoms with Gasteiger partial charge in [-0.2, -0.15) is 0 Å². The van der Waals surface area contributed by atoms with E-state index in [4.69, 9.17) is 10.5 Å². The van der Waals surface area contributed by atoms with E-state index in [-0.39, 0.29) is 12.1 Å². The van der Waals surface area contributed by atoms with Crippen LogP contribution in [0, 0.1) is 6.92 Å². The number of para-hydroxylation sites is 1. The Morgan fingerprint density at radius 1 is 1.00 bits per heavy atom. The highest BCUT2D eigenvalue weighted by Gasteiger charge is 2.33. The maximum Gasteiger partial charge on any atom is 0.146 e. The highest BCUT2D eigenvalue weighted by atomic mass is 16.5. The summed E-state index contributed by atoms with van der Waals surface area (Å²) >= 11 is 0. The second-order valence-corrected chi connectivity index (χ2v) is 7.51. The normalized spacial score (nSPS) is 18.6. The largest absolute Gasteiger partial charge is 0.457 e. The third-order valence-corrected chi connectivity index (χ3v) is 5.63. The number of ether oxygens (including phenoxy) is 1. The van der Waals surface area contributed by atoms with E-state index in [1.807, 2.05) is 54.6 Å². The number of hydrogen-bond acceptors (Lipinski definition) is 5. The number of rotatable bonds is 4. The molecule has 0 amide bonds. The molecule has 5 rings (SSSR count). The summed E-state index contributed by atoms with van der Waals surface area (Å²) in [5.41, 5.74) is 10.2. The maximum atomic E-state index is 9.79. The van der Waals surface area contributed by atoms with Crippen LogP contribution < -0.4 is 10.5 Å². The van der Waals surface area contributed by atoms with E-state index in [0.717, 1.165) is 52.2 Å². The van der Waals surface area contributed by atoms with Gasteiger partial charge < -0.3 is 20.1 Å². The molecule has 29 heavy (non-hydrogen) atoms. The molecule has 0 radical (unpaired) electrons. The molecule has 1 aliphatic carbocycles. The monoisotopic (exact) mass is 386 g/mol. The highest BCUT2D eigenvalue weighted by molar-refractivity contribution is 6.02. The van der Waals surface area contributed by atoms with Gasteiger partial charge in [0.05, 0.1) is 11.5 Å². The highest BCUT2D eigenvalue weighted by Crippen LogP contribution is 2.43. The molecule has 0 unspecified atom stereocenters. The molecule has 0 spiro atoms. The lowest BCUT2D eigenvalue weighted by atomic mass is 9.89. The van der Waals surface area contributed by atoms with E-state index in [1.165, 1.54) is 6.33 Å². The Morgan fingerprint density at radius 2 is 1.69 bits per heavy atom. The fourth-order valence-corrected chi connectivity index (χ4v) is 4.16. The van der Waals surface area contributed by atoms with E-state index >= 15 is 0 Å². The summed E-state index contributed by atoms with van der Waals surface area (Å²) in [5.74, 6) is 2.04. The zero-order valence-electron chi connectivity index (χ0n) is 16.1. The Morgan fingerprint density at radius 3 is 2.38 bits per heavy atom. The van der Waals surface area contributed by atoms with E-state index < -0.39 is 0 Å². The molecule has 3 N–H and O–H groups in total. The van der Waals surface area contributed by atoms with Crippen molar-refractivity contribution in [3.05, 3.63) is 66.6 Å². The Hall–Kier alpha value is -3.38. The van der Waals surface area contributed by atoms with Gasteiger partial charge >= 0.3 is 0 Å². The van der Waals surface area contributed by atoms with Crippen LogP contribution in [0.15, 0.2) is 60.9 Å². The molecule has 1 fully saturated rings. The average Bonchev–Trinajstić information content (AvgIpc) is 3.00. The zero-order chi connectivity index (χ0) is 20.0. The molecule has 0 aliphatic heterocycles. The summed E-state index contributed by atoms with van der Waals surface area (Å²) in [7, 11) is 0. The van der Waals surface area contributed by atoms with Crippen LogP contribution in [-0.4, -0.2) is 25.7 Å². The average molecular weight is 386 g/mol. The van der Waals surface area contributed by atoms with Crippen LogP contribution in [-0.2, 0) is 0 Å². The van der Waals surface area contributed by atoms with Crippen LogP contribution in [0.3, 0.4) is 0 Å². The lowest BCUT2D eigenvalue weighted by Gasteiger charge is -2.34. The second kappa shape index (κ2) is 6.90. The van der Waals surface area contributed by atoms with Gasteiger partial charge in [0.25, 0.3) is 0 Å². The van der Waals surface area contributed by atoms with Gasteiger partial charge in [-0.25, -0.2) is 9.97 Å². The summed E-state index contributed by atoms with van der Waals surface area (Å²) in [6, 6.07) is 17.9. The van der Waals surface area contributed by atoms with Crippen molar-refractivity contribution in [3.63, 3.8) is 0 Å². The van der Waals surface area contributed by atoms with E-state index in [2.05, 4.69) is 21.5 Å². The number of fused-ring (bicyclic) bond motifs is 1. The fraction of sp³-hybridized carbons (Fsp3) is 0.217. The minimum absolute atomic E-state index is 0.233. The Balaban J connectivity index is 1.57. The van der Waals surface area contributed by atoms with Crippen LogP contribution in [0.5, 0.6) is 11.5 Å². The first-order valence-corrected chi connectivity index (χ1v) is 9.74. The number of nitrogens with zero attached hydrogens (tertiary/aromatic N) is 3. The topological polar surface area (TPSA) is 86.2 Å². The van der Waals surface area contributed by atoms with Crippen LogP contribution in [0.2, 0.25) is 0 Å². The van der Waals surface area contributed by atoms with E-state index in [0.29, 0.717) is 5.82 Å². The number of benzene rings is 2. The SMILES string of the molecule is Cc1c(-c2ccc(Oc3ccccc3)cc2)c2c(N)ncnc2n1C1CC(O)C1. The predicted octanol–water partition coefficient (Wildman–Crippen LogP) is 4.48. The van der Waals surface area contributed by atoms with Crippen LogP contribution in [0.25, 0.3) is 22.2 Å². The van der Waals surface area contributed by atoms with Gasteiger partial charge in [0.2, 0.25) is 0 Å². The van der Waals surface area contributed by atoms with E-state index in [9.17, 15) is 5.11 Å². The fourth-order valence-electron chi connectivity index (χ4n) is 4.16. The molecular formula is C23H22N4O2. The van der Waals surface area contributed by atoms with Crippen molar-refractivity contribution in [1.29, 1.82) is 0 Å². The Bertz CT molecular complexity index is 1160. The van der Waals surface area contributed by atoms with Gasteiger partial charge in [0, 0.05) is 17.3 Å². The first-order chi connectivity index (χ1) is 14.1. The smallest absolute Gasteiger partial charge is 0.146 e. The molecule has 2 aromatic heterocycles. The molecule has 6 heteroatoms. The zero-order valence-corrected chi connectivity index (χ0v) is 16.1. The van der Waals surface area contributed by atoms with Crippen LogP contribution in [0.4, 0.5) is 5.82 Å². The van der Waals surface area contributed by atoms with Gasteiger partial charge in [-0.05, 0) is 49.6 Å². The summed E-state index contributed by atoms with van der Waals surface area (Å²) in [6.45, 7) is 2.08. The van der Waals surface area contributed by atoms with Crippen molar-refractivity contribution in [3.8, 4) is 22.6 Å². The quantitative estimate of drug-likeness (QED) is 0.540. The third kappa shape index (κ3) is 3.02. The van der Waals surface area contributed by atoms with Crippen molar-refractivity contribution < 1.29 is 9.84 Å². The number of nitrogens with two attached hydrogens (primary N) is 1. The third-order valence-electron chi connectivity index (χ3n) is 5.63.